The van der Waals surface area contributed by atoms with Crippen molar-refractivity contribution in [2.45, 2.75) is 18.9 Å². The van der Waals surface area contributed by atoms with E-state index in [1.165, 1.54) is 4.68 Å². The molecule has 0 radical (unpaired) electrons. The predicted molar refractivity (Wildman–Crippen MR) is 67.5 cm³/mol. The van der Waals surface area contributed by atoms with Crippen molar-refractivity contribution in [1.29, 1.82) is 0 Å². The summed E-state index contributed by atoms with van der Waals surface area (Å²) in [5, 5.41) is 20.5. The molecule has 1 fully saturated rings. The number of hydrogen-bond acceptors (Lipinski definition) is 5. The Balaban J connectivity index is 2.20. The summed E-state index contributed by atoms with van der Waals surface area (Å²) in [6.45, 7) is 0.290. The molecule has 2 heterocycles. The fourth-order valence-electron chi connectivity index (χ4n) is 2.37. The minimum Gasteiger partial charge on any atom is -0.502 e. The van der Waals surface area contributed by atoms with Gasteiger partial charge in [-0.25, -0.2) is 4.79 Å². The van der Waals surface area contributed by atoms with Crippen LogP contribution in [-0.2, 0) is 0 Å². The highest BCUT2D eigenvalue weighted by Crippen LogP contribution is 2.31. The smallest absolute Gasteiger partial charge is 0.341 e. The summed E-state index contributed by atoms with van der Waals surface area (Å²) >= 11 is 0. The van der Waals surface area contributed by atoms with Crippen molar-refractivity contribution in [3.8, 4) is 5.75 Å². The first-order chi connectivity index (χ1) is 9.41. The first kappa shape index (κ1) is 12.5. The van der Waals surface area contributed by atoms with E-state index in [0.717, 1.165) is 19.0 Å². The number of aromatic hydroxyl groups is 1. The number of hydrogen-bond donors (Lipinski definition) is 2. The molecule has 8 heteroatoms. The molecule has 0 spiro atoms. The number of carbonyl (C=O) groups excluding carboxylic acids is 1. The molecule has 1 aromatic rings. The zero-order valence-corrected chi connectivity index (χ0v) is 10.7. The summed E-state index contributed by atoms with van der Waals surface area (Å²) in [4.78, 5) is 36.7. The Bertz CT molecular complexity index is 676. The van der Waals surface area contributed by atoms with Crippen LogP contribution in [0.3, 0.4) is 0 Å². The van der Waals surface area contributed by atoms with Gasteiger partial charge in [0.1, 0.15) is 12.2 Å². The van der Waals surface area contributed by atoms with Gasteiger partial charge in [0, 0.05) is 19.3 Å². The Kier molecular flexibility index (Phi) is 2.50. The number of carboxylic acids is 1. The third-order valence-corrected chi connectivity index (χ3v) is 3.57. The van der Waals surface area contributed by atoms with E-state index in [9.17, 15) is 19.5 Å². The number of aromatic carboxylic acids is 1. The number of nitrogens with zero attached hydrogens (tertiary/aromatic N) is 3. The summed E-state index contributed by atoms with van der Waals surface area (Å²) in [5.41, 5.74) is -1.78. The Morgan fingerprint density at radius 2 is 2.00 bits per heavy atom. The predicted octanol–water partition coefficient (Wildman–Crippen LogP) is -0.604. The largest absolute Gasteiger partial charge is 0.502 e. The van der Waals surface area contributed by atoms with E-state index in [1.54, 1.807) is 17.0 Å². The SMILES string of the molecule is CN1CN(C2CC2)C(=O)c2c(O)c(=O)c(C(=O)O)cn21. The number of carboxylic acid groups (broad SMARTS) is 1. The Morgan fingerprint density at radius 3 is 2.55 bits per heavy atom. The molecule has 0 unspecified atom stereocenters. The summed E-state index contributed by atoms with van der Waals surface area (Å²) in [5.74, 6) is -2.70. The summed E-state index contributed by atoms with van der Waals surface area (Å²) in [6.07, 6.45) is 2.87. The van der Waals surface area contributed by atoms with Gasteiger partial charge in [0.2, 0.25) is 5.43 Å². The van der Waals surface area contributed by atoms with Gasteiger partial charge in [-0.1, -0.05) is 0 Å². The van der Waals surface area contributed by atoms with E-state index in [-0.39, 0.29) is 18.4 Å². The van der Waals surface area contributed by atoms with Crippen LogP contribution in [0.2, 0.25) is 0 Å². The van der Waals surface area contributed by atoms with Crippen molar-refractivity contribution in [2.24, 2.45) is 0 Å². The van der Waals surface area contributed by atoms with Crippen LogP contribution < -0.4 is 10.4 Å². The quantitative estimate of drug-likeness (QED) is 0.749. The molecule has 1 saturated carbocycles. The van der Waals surface area contributed by atoms with Crippen molar-refractivity contribution in [3.63, 3.8) is 0 Å². The lowest BCUT2D eigenvalue weighted by Gasteiger charge is -2.37. The zero-order chi connectivity index (χ0) is 14.6. The van der Waals surface area contributed by atoms with Crippen LogP contribution in [0.15, 0.2) is 11.0 Å². The second kappa shape index (κ2) is 3.99. The maximum atomic E-state index is 12.3. The third-order valence-electron chi connectivity index (χ3n) is 3.57. The number of aromatic nitrogens is 1. The molecule has 1 aromatic heterocycles. The van der Waals surface area contributed by atoms with E-state index >= 15 is 0 Å². The molecule has 106 valence electrons. The lowest BCUT2D eigenvalue weighted by Crippen LogP contribution is -2.53. The average Bonchev–Trinajstić information content (AvgIpc) is 3.20. The van der Waals surface area contributed by atoms with Crippen molar-refractivity contribution < 1.29 is 19.8 Å². The minimum absolute atomic E-state index is 0.132. The lowest BCUT2D eigenvalue weighted by molar-refractivity contribution is 0.0660. The van der Waals surface area contributed by atoms with Crippen LogP contribution in [0.25, 0.3) is 0 Å². The molecule has 3 rings (SSSR count). The number of carbonyl (C=O) groups is 2. The number of rotatable bonds is 2. The van der Waals surface area contributed by atoms with E-state index in [0.29, 0.717) is 0 Å². The maximum absolute atomic E-state index is 12.3. The van der Waals surface area contributed by atoms with Gasteiger partial charge < -0.3 is 15.1 Å². The highest BCUT2D eigenvalue weighted by atomic mass is 16.4. The molecule has 2 N–H and O–H groups in total. The summed E-state index contributed by atoms with van der Waals surface area (Å²) in [7, 11) is 1.65. The second-order valence-corrected chi connectivity index (χ2v) is 5.02. The molecule has 20 heavy (non-hydrogen) atoms. The number of amides is 1. The molecule has 1 amide bonds. The molecule has 0 atom stereocenters. The molecule has 1 aliphatic heterocycles. The molecular formula is C12H13N3O5. The van der Waals surface area contributed by atoms with E-state index in [1.807, 2.05) is 0 Å². The Hall–Kier alpha value is -2.51. The third kappa shape index (κ3) is 1.64. The van der Waals surface area contributed by atoms with Gasteiger partial charge in [0.05, 0.1) is 0 Å². The molecule has 8 nitrogen and oxygen atoms in total. The van der Waals surface area contributed by atoms with Crippen molar-refractivity contribution in [3.05, 3.63) is 27.7 Å². The Morgan fingerprint density at radius 1 is 1.35 bits per heavy atom. The maximum Gasteiger partial charge on any atom is 0.341 e. The fraction of sp³-hybridized carbons (Fsp3) is 0.417. The second-order valence-electron chi connectivity index (χ2n) is 5.02. The first-order valence-corrected chi connectivity index (χ1v) is 6.16. The van der Waals surface area contributed by atoms with Gasteiger partial charge in [-0.05, 0) is 12.8 Å². The van der Waals surface area contributed by atoms with Crippen molar-refractivity contribution in [2.75, 3.05) is 18.7 Å². The molecule has 2 aliphatic rings. The van der Waals surface area contributed by atoms with Crippen LogP contribution in [-0.4, -0.2) is 51.4 Å². The highest BCUT2D eigenvalue weighted by molar-refractivity contribution is 5.98. The molecular weight excluding hydrogens is 266 g/mol. The lowest BCUT2D eigenvalue weighted by atomic mass is 10.2. The monoisotopic (exact) mass is 279 g/mol. The van der Waals surface area contributed by atoms with Crippen LogP contribution in [0, 0.1) is 0 Å². The van der Waals surface area contributed by atoms with Crippen molar-refractivity contribution >= 4 is 11.9 Å². The van der Waals surface area contributed by atoms with Gasteiger partial charge in [0.25, 0.3) is 5.91 Å². The van der Waals surface area contributed by atoms with Crippen LogP contribution in [0.4, 0.5) is 0 Å². The van der Waals surface area contributed by atoms with Crippen molar-refractivity contribution in [1.82, 2.24) is 9.58 Å². The van der Waals surface area contributed by atoms with Gasteiger partial charge in [-0.2, -0.15) is 0 Å². The molecule has 0 aromatic carbocycles. The number of fused-ring (bicyclic) bond motifs is 1. The summed E-state index contributed by atoms with van der Waals surface area (Å²) < 4.78 is 1.22. The summed E-state index contributed by atoms with van der Waals surface area (Å²) in [6, 6.07) is 0.132. The van der Waals surface area contributed by atoms with E-state index in [2.05, 4.69) is 0 Å². The topological polar surface area (TPSA) is 103 Å². The zero-order valence-electron chi connectivity index (χ0n) is 10.7. The molecule has 1 aliphatic carbocycles. The van der Waals surface area contributed by atoms with Crippen LogP contribution in [0.5, 0.6) is 5.75 Å². The van der Waals surface area contributed by atoms with Gasteiger partial charge in [0.15, 0.2) is 11.4 Å². The minimum atomic E-state index is -1.44. The highest BCUT2D eigenvalue weighted by Gasteiger charge is 2.40. The normalized spacial score (nSPS) is 18.1. The number of pyridine rings is 1. The fourth-order valence-corrected chi connectivity index (χ4v) is 2.37. The standard InChI is InChI=1S/C12H13N3O5/c1-13-5-14(6-2-3-6)11(18)8-10(17)9(16)7(12(19)20)4-15(8)13/h4,6,17H,2-3,5H2,1H3,(H,19,20). The van der Waals surface area contributed by atoms with E-state index < -0.39 is 28.6 Å². The van der Waals surface area contributed by atoms with Crippen LogP contribution >= 0.6 is 0 Å². The van der Waals surface area contributed by atoms with E-state index in [4.69, 9.17) is 5.11 Å². The van der Waals surface area contributed by atoms with Gasteiger partial charge in [-0.3, -0.25) is 19.3 Å². The van der Waals surface area contributed by atoms with Crippen LogP contribution in [0.1, 0.15) is 33.7 Å². The van der Waals surface area contributed by atoms with Gasteiger partial charge in [-0.15, -0.1) is 0 Å². The Labute approximate surface area is 113 Å². The molecule has 0 bridgehead atoms. The average molecular weight is 279 g/mol. The molecule has 0 saturated heterocycles. The van der Waals surface area contributed by atoms with Gasteiger partial charge >= 0.3 is 5.97 Å². The first-order valence-electron chi connectivity index (χ1n) is 6.16.